The van der Waals surface area contributed by atoms with Crippen molar-refractivity contribution in [3.63, 3.8) is 0 Å². The molecule has 17 heavy (non-hydrogen) atoms. The Morgan fingerprint density at radius 1 is 1.29 bits per heavy atom. The first-order chi connectivity index (χ1) is 8.17. The summed E-state index contributed by atoms with van der Waals surface area (Å²) in [5.41, 5.74) is 0. The first-order valence-corrected chi connectivity index (χ1v) is 6.26. The quantitative estimate of drug-likeness (QED) is 0.765. The van der Waals surface area contributed by atoms with Gasteiger partial charge in [-0.2, -0.15) is 23.7 Å². The minimum absolute atomic E-state index is 0.0362. The fraction of sp³-hybridized carbons (Fsp3) is 0.667. The second-order valence-electron chi connectivity index (χ2n) is 3.59. The van der Waals surface area contributed by atoms with Crippen LogP contribution in [-0.4, -0.2) is 33.3 Å². The zero-order valence-corrected chi connectivity index (χ0v) is 10.1. The monoisotopic (exact) mass is 261 g/mol. The van der Waals surface area contributed by atoms with E-state index in [2.05, 4.69) is 25.6 Å². The van der Waals surface area contributed by atoms with Gasteiger partial charge < -0.3 is 10.6 Å². The number of hydrogen-bond acceptors (Lipinski definition) is 6. The van der Waals surface area contributed by atoms with Crippen molar-refractivity contribution in [3.8, 4) is 0 Å². The van der Waals surface area contributed by atoms with Gasteiger partial charge >= 0.3 is 0 Å². The highest BCUT2D eigenvalue weighted by atomic mass is 32.2. The van der Waals surface area contributed by atoms with Crippen LogP contribution >= 0.6 is 11.8 Å². The average molecular weight is 261 g/mol. The van der Waals surface area contributed by atoms with E-state index in [9.17, 15) is 8.78 Å². The number of nitrogens with zero attached hydrogens (tertiary/aromatic N) is 3. The van der Waals surface area contributed by atoms with Crippen molar-refractivity contribution in [2.75, 3.05) is 17.2 Å². The molecule has 1 fully saturated rings. The third kappa shape index (κ3) is 3.95. The highest BCUT2D eigenvalue weighted by molar-refractivity contribution is 7.99. The Morgan fingerprint density at radius 2 is 2.00 bits per heavy atom. The number of aromatic nitrogens is 3. The first-order valence-electron chi connectivity index (χ1n) is 5.38. The van der Waals surface area contributed by atoms with Crippen LogP contribution in [0.15, 0.2) is 5.16 Å². The summed E-state index contributed by atoms with van der Waals surface area (Å²) in [6.45, 7) is 2.52. The number of anilines is 2. The van der Waals surface area contributed by atoms with E-state index < -0.39 is 5.76 Å². The fourth-order valence-corrected chi connectivity index (χ4v) is 1.64. The van der Waals surface area contributed by atoms with Gasteiger partial charge in [0.15, 0.2) is 5.16 Å². The molecule has 0 radical (unpaired) electrons. The number of halogens is 2. The van der Waals surface area contributed by atoms with Crippen LogP contribution in [0, 0.1) is 0 Å². The molecule has 1 heterocycles. The Hall–Kier alpha value is -1.18. The second-order valence-corrected chi connectivity index (χ2v) is 4.55. The van der Waals surface area contributed by atoms with Gasteiger partial charge in [0.1, 0.15) is 0 Å². The predicted octanol–water partition coefficient (Wildman–Crippen LogP) is 2.19. The molecule has 1 aliphatic rings. The minimum atomic E-state index is -2.53. The second kappa shape index (κ2) is 5.44. The lowest BCUT2D eigenvalue weighted by Gasteiger charge is -2.08. The lowest BCUT2D eigenvalue weighted by Crippen LogP contribution is -2.11. The van der Waals surface area contributed by atoms with Gasteiger partial charge in [-0.05, 0) is 31.5 Å². The normalized spacial score (nSPS) is 15.1. The maximum Gasteiger partial charge on any atom is 0.291 e. The number of nitrogens with one attached hydrogen (secondary N) is 2. The van der Waals surface area contributed by atoms with E-state index in [1.54, 1.807) is 0 Å². The molecule has 0 unspecified atom stereocenters. The van der Waals surface area contributed by atoms with E-state index in [1.807, 2.05) is 6.92 Å². The zero-order chi connectivity index (χ0) is 12.3. The Bertz CT molecular complexity index is 363. The van der Waals surface area contributed by atoms with Crippen LogP contribution in [0.5, 0.6) is 0 Å². The Balaban J connectivity index is 2.14. The van der Waals surface area contributed by atoms with Crippen molar-refractivity contribution < 1.29 is 8.78 Å². The maximum atomic E-state index is 12.3. The molecule has 94 valence electrons. The van der Waals surface area contributed by atoms with Crippen molar-refractivity contribution in [1.82, 2.24) is 15.0 Å². The first kappa shape index (κ1) is 12.3. The molecular formula is C9H13F2N5S. The van der Waals surface area contributed by atoms with E-state index in [0.29, 0.717) is 36.2 Å². The maximum absolute atomic E-state index is 12.3. The molecule has 8 heteroatoms. The molecule has 0 bridgehead atoms. The molecule has 2 N–H and O–H groups in total. The van der Waals surface area contributed by atoms with Gasteiger partial charge in [0.2, 0.25) is 11.9 Å². The number of hydrogen-bond donors (Lipinski definition) is 2. The van der Waals surface area contributed by atoms with Crippen LogP contribution in [0.1, 0.15) is 19.8 Å². The summed E-state index contributed by atoms with van der Waals surface area (Å²) in [5.74, 6) is -1.84. The molecule has 0 saturated heterocycles. The summed E-state index contributed by atoms with van der Waals surface area (Å²) in [7, 11) is 0. The fourth-order valence-electron chi connectivity index (χ4n) is 1.20. The summed E-state index contributed by atoms with van der Waals surface area (Å²) in [5, 5.41) is 6.00. The van der Waals surface area contributed by atoms with E-state index in [1.165, 1.54) is 0 Å². The zero-order valence-electron chi connectivity index (χ0n) is 9.28. The van der Waals surface area contributed by atoms with Crippen LogP contribution in [0.2, 0.25) is 0 Å². The molecule has 2 rings (SSSR count). The summed E-state index contributed by atoms with van der Waals surface area (Å²) < 4.78 is 24.5. The van der Waals surface area contributed by atoms with E-state index in [0.717, 1.165) is 12.8 Å². The van der Waals surface area contributed by atoms with Gasteiger partial charge in [0, 0.05) is 12.6 Å². The van der Waals surface area contributed by atoms with Gasteiger partial charge in [-0.1, -0.05) is 0 Å². The van der Waals surface area contributed by atoms with Crippen molar-refractivity contribution in [2.45, 2.75) is 36.7 Å². The molecule has 0 aliphatic heterocycles. The van der Waals surface area contributed by atoms with Crippen molar-refractivity contribution in [2.24, 2.45) is 0 Å². The third-order valence-electron chi connectivity index (χ3n) is 2.05. The van der Waals surface area contributed by atoms with E-state index >= 15 is 0 Å². The lowest BCUT2D eigenvalue weighted by molar-refractivity contribution is 0.251. The van der Waals surface area contributed by atoms with Crippen LogP contribution < -0.4 is 10.6 Å². The lowest BCUT2D eigenvalue weighted by atomic mass is 10.7. The largest absolute Gasteiger partial charge is 0.354 e. The number of rotatable bonds is 6. The molecule has 1 aromatic rings. The van der Waals surface area contributed by atoms with E-state index in [-0.39, 0.29) is 5.16 Å². The number of alkyl halides is 2. The molecule has 5 nitrogen and oxygen atoms in total. The van der Waals surface area contributed by atoms with Gasteiger partial charge in [0.05, 0.1) is 0 Å². The van der Waals surface area contributed by atoms with Gasteiger partial charge in [-0.3, -0.25) is 0 Å². The minimum Gasteiger partial charge on any atom is -0.354 e. The van der Waals surface area contributed by atoms with E-state index in [4.69, 9.17) is 0 Å². The molecule has 0 spiro atoms. The Labute approximate surface area is 102 Å². The summed E-state index contributed by atoms with van der Waals surface area (Å²) >= 11 is 0.325. The summed E-state index contributed by atoms with van der Waals surface area (Å²) in [6.07, 6.45) is 2.14. The molecule has 0 atom stereocenters. The average Bonchev–Trinajstić information content (AvgIpc) is 3.00. The Morgan fingerprint density at radius 3 is 2.59 bits per heavy atom. The topological polar surface area (TPSA) is 62.7 Å². The van der Waals surface area contributed by atoms with Crippen molar-refractivity contribution >= 4 is 23.7 Å². The van der Waals surface area contributed by atoms with Crippen LogP contribution in [0.25, 0.3) is 0 Å². The SMILES string of the molecule is CCNc1nc(NC2CC2)nc(SC(F)F)n1. The smallest absolute Gasteiger partial charge is 0.291 e. The van der Waals surface area contributed by atoms with Crippen LogP contribution in [0.3, 0.4) is 0 Å². The van der Waals surface area contributed by atoms with Crippen molar-refractivity contribution in [1.29, 1.82) is 0 Å². The standard InChI is InChI=1S/C9H13F2N5S/c1-2-12-7-14-8(13-5-3-4-5)16-9(15-7)17-6(10)11/h5-6H,2-4H2,1H3,(H2,12,13,14,15,16). The molecular weight excluding hydrogens is 248 g/mol. The third-order valence-corrected chi connectivity index (χ3v) is 2.63. The molecule has 0 aromatic carbocycles. The Kier molecular flexibility index (Phi) is 3.93. The summed E-state index contributed by atoms with van der Waals surface area (Å²) in [6, 6.07) is 0.372. The van der Waals surface area contributed by atoms with Gasteiger partial charge in [0.25, 0.3) is 5.76 Å². The molecule has 1 aliphatic carbocycles. The predicted molar refractivity (Wildman–Crippen MR) is 62.5 cm³/mol. The molecule has 1 saturated carbocycles. The van der Waals surface area contributed by atoms with Crippen LogP contribution in [-0.2, 0) is 0 Å². The molecule has 1 aromatic heterocycles. The van der Waals surface area contributed by atoms with Crippen LogP contribution in [0.4, 0.5) is 20.7 Å². The molecule has 0 amide bonds. The van der Waals surface area contributed by atoms with Crippen molar-refractivity contribution in [3.05, 3.63) is 0 Å². The van der Waals surface area contributed by atoms with Gasteiger partial charge in [-0.15, -0.1) is 0 Å². The number of thioether (sulfide) groups is 1. The highest BCUT2D eigenvalue weighted by Gasteiger charge is 2.23. The summed E-state index contributed by atoms with van der Waals surface area (Å²) in [4.78, 5) is 12.0. The van der Waals surface area contributed by atoms with Gasteiger partial charge in [-0.25, -0.2) is 0 Å². The highest BCUT2D eigenvalue weighted by Crippen LogP contribution is 2.26.